The van der Waals surface area contributed by atoms with Crippen molar-refractivity contribution < 1.29 is 5.11 Å². The molecule has 0 saturated carbocycles. The van der Waals surface area contributed by atoms with Crippen molar-refractivity contribution in [1.82, 2.24) is 4.98 Å². The van der Waals surface area contributed by atoms with Crippen molar-refractivity contribution in [2.24, 2.45) is 0 Å². The first-order chi connectivity index (χ1) is 7.68. The predicted octanol–water partition coefficient (Wildman–Crippen LogP) is 3.23. The molecule has 0 amide bonds. The summed E-state index contributed by atoms with van der Waals surface area (Å²) in [6.07, 6.45) is 2.78. The zero-order chi connectivity index (χ0) is 11.5. The fourth-order valence-corrected chi connectivity index (χ4v) is 1.82. The van der Waals surface area contributed by atoms with E-state index in [0.717, 1.165) is 21.2 Å². The Morgan fingerprint density at radius 3 is 2.44 bits per heavy atom. The molecule has 1 atom stereocenters. The van der Waals surface area contributed by atoms with Gasteiger partial charge in [0.05, 0.1) is 0 Å². The van der Waals surface area contributed by atoms with E-state index < -0.39 is 6.10 Å². The molecule has 0 aliphatic rings. The van der Waals surface area contributed by atoms with Gasteiger partial charge in [-0.3, -0.25) is 4.98 Å². The summed E-state index contributed by atoms with van der Waals surface area (Å²) in [7, 11) is 0. The Kier molecular flexibility index (Phi) is 3.36. The van der Waals surface area contributed by atoms with Crippen LogP contribution in [0.15, 0.2) is 47.2 Å². The highest BCUT2D eigenvalue weighted by Crippen LogP contribution is 2.25. The second kappa shape index (κ2) is 4.76. The lowest BCUT2D eigenvalue weighted by molar-refractivity contribution is 0.220. The molecule has 2 nitrogen and oxygen atoms in total. The number of pyridine rings is 1. The van der Waals surface area contributed by atoms with Gasteiger partial charge in [-0.05, 0) is 41.8 Å². The second-order valence-corrected chi connectivity index (χ2v) is 4.55. The maximum atomic E-state index is 10.2. The summed E-state index contributed by atoms with van der Waals surface area (Å²) in [6.45, 7) is 2.01. The summed E-state index contributed by atoms with van der Waals surface area (Å²) in [4.78, 5) is 3.93. The summed E-state index contributed by atoms with van der Waals surface area (Å²) in [6, 6.07) is 9.50. The van der Waals surface area contributed by atoms with Crippen molar-refractivity contribution in [2.75, 3.05) is 0 Å². The Bertz CT molecular complexity index is 485. The van der Waals surface area contributed by atoms with Gasteiger partial charge in [0.25, 0.3) is 0 Å². The van der Waals surface area contributed by atoms with E-state index in [1.54, 1.807) is 12.4 Å². The second-order valence-electron chi connectivity index (χ2n) is 3.69. The van der Waals surface area contributed by atoms with E-state index in [4.69, 9.17) is 0 Å². The van der Waals surface area contributed by atoms with E-state index in [-0.39, 0.29) is 0 Å². The molecule has 2 aromatic rings. The molecular weight excluding hydrogens is 266 g/mol. The molecule has 0 aliphatic carbocycles. The van der Waals surface area contributed by atoms with E-state index >= 15 is 0 Å². The average Bonchev–Trinajstić information content (AvgIpc) is 2.33. The number of rotatable bonds is 2. The summed E-state index contributed by atoms with van der Waals surface area (Å²) in [5.74, 6) is 0. The molecule has 0 fully saturated rings. The van der Waals surface area contributed by atoms with Gasteiger partial charge in [0.1, 0.15) is 6.10 Å². The van der Waals surface area contributed by atoms with E-state index in [9.17, 15) is 5.11 Å². The van der Waals surface area contributed by atoms with E-state index in [2.05, 4.69) is 20.9 Å². The van der Waals surface area contributed by atoms with Crippen LogP contribution in [0.4, 0.5) is 0 Å². The zero-order valence-corrected chi connectivity index (χ0v) is 10.5. The van der Waals surface area contributed by atoms with Crippen molar-refractivity contribution in [3.8, 4) is 0 Å². The van der Waals surface area contributed by atoms with Crippen molar-refractivity contribution >= 4 is 15.9 Å². The SMILES string of the molecule is Cc1cc(C(O)c2ccncc2)ccc1Br. The lowest BCUT2D eigenvalue weighted by Gasteiger charge is -2.12. The lowest BCUT2D eigenvalue weighted by atomic mass is 10.0. The van der Waals surface area contributed by atoms with Crippen LogP contribution in [0.1, 0.15) is 22.8 Å². The number of aryl methyl sites for hydroxylation is 1. The van der Waals surface area contributed by atoms with Crippen LogP contribution in [0.5, 0.6) is 0 Å². The molecule has 1 unspecified atom stereocenters. The molecule has 16 heavy (non-hydrogen) atoms. The maximum Gasteiger partial charge on any atom is 0.104 e. The molecule has 1 aromatic carbocycles. The number of aliphatic hydroxyl groups excluding tert-OH is 1. The number of aliphatic hydroxyl groups is 1. The Hall–Kier alpha value is -1.19. The molecule has 0 saturated heterocycles. The van der Waals surface area contributed by atoms with Gasteiger partial charge in [-0.25, -0.2) is 0 Å². The normalized spacial score (nSPS) is 12.4. The Morgan fingerprint density at radius 1 is 1.12 bits per heavy atom. The van der Waals surface area contributed by atoms with Crippen LogP contribution in [0, 0.1) is 6.92 Å². The zero-order valence-electron chi connectivity index (χ0n) is 8.89. The molecule has 82 valence electrons. The van der Waals surface area contributed by atoms with E-state index in [0.29, 0.717) is 0 Å². The van der Waals surface area contributed by atoms with Crippen LogP contribution in [0.3, 0.4) is 0 Å². The molecule has 1 aromatic heterocycles. The highest BCUT2D eigenvalue weighted by Gasteiger charge is 2.10. The molecule has 0 aliphatic heterocycles. The minimum absolute atomic E-state index is 0.588. The highest BCUT2D eigenvalue weighted by molar-refractivity contribution is 9.10. The number of aromatic nitrogens is 1. The molecule has 1 heterocycles. The fourth-order valence-electron chi connectivity index (χ4n) is 1.58. The molecule has 0 radical (unpaired) electrons. The van der Waals surface area contributed by atoms with Gasteiger partial charge in [-0.2, -0.15) is 0 Å². The predicted molar refractivity (Wildman–Crippen MR) is 67.2 cm³/mol. The smallest absolute Gasteiger partial charge is 0.104 e. The Balaban J connectivity index is 2.34. The maximum absolute atomic E-state index is 10.2. The first-order valence-electron chi connectivity index (χ1n) is 5.02. The van der Waals surface area contributed by atoms with Crippen LogP contribution in [-0.4, -0.2) is 10.1 Å². The van der Waals surface area contributed by atoms with Gasteiger partial charge in [-0.15, -0.1) is 0 Å². The number of benzene rings is 1. The lowest BCUT2D eigenvalue weighted by Crippen LogP contribution is -2.00. The molecule has 0 spiro atoms. The number of hydrogen-bond acceptors (Lipinski definition) is 2. The average molecular weight is 278 g/mol. The third kappa shape index (κ3) is 2.31. The topological polar surface area (TPSA) is 33.1 Å². The van der Waals surface area contributed by atoms with Crippen molar-refractivity contribution in [1.29, 1.82) is 0 Å². The van der Waals surface area contributed by atoms with Crippen LogP contribution >= 0.6 is 15.9 Å². The van der Waals surface area contributed by atoms with Crippen molar-refractivity contribution in [3.05, 3.63) is 63.9 Å². The summed E-state index contributed by atoms with van der Waals surface area (Å²) in [5, 5.41) is 10.2. The minimum Gasteiger partial charge on any atom is -0.384 e. The van der Waals surface area contributed by atoms with Gasteiger partial charge in [-0.1, -0.05) is 28.1 Å². The third-order valence-corrected chi connectivity index (χ3v) is 3.41. The minimum atomic E-state index is -0.588. The van der Waals surface area contributed by atoms with Crippen molar-refractivity contribution in [3.63, 3.8) is 0 Å². The van der Waals surface area contributed by atoms with Gasteiger partial charge in [0.15, 0.2) is 0 Å². The molecule has 1 N–H and O–H groups in total. The van der Waals surface area contributed by atoms with Crippen LogP contribution in [-0.2, 0) is 0 Å². The van der Waals surface area contributed by atoms with E-state index in [1.165, 1.54) is 0 Å². The van der Waals surface area contributed by atoms with Gasteiger partial charge in [0, 0.05) is 16.9 Å². The van der Waals surface area contributed by atoms with Gasteiger partial charge >= 0.3 is 0 Å². The first-order valence-corrected chi connectivity index (χ1v) is 5.82. The van der Waals surface area contributed by atoms with Crippen LogP contribution in [0.2, 0.25) is 0 Å². The summed E-state index contributed by atoms with van der Waals surface area (Å²) >= 11 is 3.44. The standard InChI is InChI=1S/C13H12BrNO/c1-9-8-11(2-3-12(9)14)13(16)10-4-6-15-7-5-10/h2-8,13,16H,1H3. The van der Waals surface area contributed by atoms with Crippen molar-refractivity contribution in [2.45, 2.75) is 13.0 Å². The number of nitrogens with zero attached hydrogens (tertiary/aromatic N) is 1. The van der Waals surface area contributed by atoms with Gasteiger partial charge < -0.3 is 5.11 Å². The summed E-state index contributed by atoms with van der Waals surface area (Å²) < 4.78 is 1.05. The van der Waals surface area contributed by atoms with Crippen LogP contribution in [0.25, 0.3) is 0 Å². The Morgan fingerprint density at radius 2 is 1.81 bits per heavy atom. The monoisotopic (exact) mass is 277 g/mol. The highest BCUT2D eigenvalue weighted by atomic mass is 79.9. The molecule has 0 bridgehead atoms. The third-order valence-electron chi connectivity index (χ3n) is 2.52. The van der Waals surface area contributed by atoms with E-state index in [1.807, 2.05) is 37.3 Å². The fraction of sp³-hybridized carbons (Fsp3) is 0.154. The first kappa shape index (κ1) is 11.3. The summed E-state index contributed by atoms with van der Waals surface area (Å²) in [5.41, 5.74) is 2.87. The number of halogens is 1. The quantitative estimate of drug-likeness (QED) is 0.914. The molecule has 2 rings (SSSR count). The molecular formula is C13H12BrNO. The largest absolute Gasteiger partial charge is 0.384 e. The Labute approximate surface area is 103 Å². The number of hydrogen-bond donors (Lipinski definition) is 1. The molecule has 3 heteroatoms. The van der Waals surface area contributed by atoms with Crippen LogP contribution < -0.4 is 0 Å². The van der Waals surface area contributed by atoms with Gasteiger partial charge in [0.2, 0.25) is 0 Å².